The summed E-state index contributed by atoms with van der Waals surface area (Å²) in [6.07, 6.45) is 0. The standard InChI is InChI=1S/C12H12Br2N2O2S2/c1-8-15-10(7-19-8)6-16(2)20(17,18)12-5-9(13)3-4-11(12)14/h3-5,7H,6H2,1-2H3. The molecule has 0 radical (unpaired) electrons. The monoisotopic (exact) mass is 438 g/mol. The van der Waals surface area contributed by atoms with E-state index >= 15 is 0 Å². The summed E-state index contributed by atoms with van der Waals surface area (Å²) in [6, 6.07) is 5.08. The molecule has 0 aliphatic carbocycles. The summed E-state index contributed by atoms with van der Waals surface area (Å²) >= 11 is 8.09. The van der Waals surface area contributed by atoms with Gasteiger partial charge in [-0.3, -0.25) is 0 Å². The quantitative estimate of drug-likeness (QED) is 0.727. The number of halogens is 2. The van der Waals surface area contributed by atoms with E-state index in [0.717, 1.165) is 15.2 Å². The van der Waals surface area contributed by atoms with Crippen molar-refractivity contribution in [2.45, 2.75) is 18.4 Å². The van der Waals surface area contributed by atoms with Crippen LogP contribution in [0.5, 0.6) is 0 Å². The Hall–Kier alpha value is -0.280. The van der Waals surface area contributed by atoms with Crippen molar-refractivity contribution in [1.29, 1.82) is 0 Å². The molecule has 0 aliphatic heterocycles. The van der Waals surface area contributed by atoms with Gasteiger partial charge in [-0.25, -0.2) is 13.4 Å². The lowest BCUT2D eigenvalue weighted by Crippen LogP contribution is -2.27. The molecule has 0 amide bonds. The molecular weight excluding hydrogens is 428 g/mol. The summed E-state index contributed by atoms with van der Waals surface area (Å²) in [7, 11) is -2.01. The lowest BCUT2D eigenvalue weighted by atomic mass is 10.4. The molecular formula is C12H12Br2N2O2S2. The first-order chi connectivity index (χ1) is 9.30. The van der Waals surface area contributed by atoms with E-state index in [2.05, 4.69) is 36.8 Å². The summed E-state index contributed by atoms with van der Waals surface area (Å²) < 4.78 is 27.7. The van der Waals surface area contributed by atoms with Crippen LogP contribution in [0.25, 0.3) is 0 Å². The van der Waals surface area contributed by atoms with Gasteiger partial charge in [-0.05, 0) is 41.1 Å². The average Bonchev–Trinajstić information content (AvgIpc) is 2.77. The van der Waals surface area contributed by atoms with Crippen LogP contribution in [-0.4, -0.2) is 24.8 Å². The summed E-state index contributed by atoms with van der Waals surface area (Å²) in [5.41, 5.74) is 0.754. The van der Waals surface area contributed by atoms with Crippen molar-refractivity contribution < 1.29 is 8.42 Å². The third-order valence-corrected chi connectivity index (χ3v) is 6.75. The Balaban J connectivity index is 2.32. The maximum atomic E-state index is 12.6. The molecule has 0 unspecified atom stereocenters. The van der Waals surface area contributed by atoms with Gasteiger partial charge >= 0.3 is 0 Å². The predicted molar refractivity (Wildman–Crippen MR) is 87.3 cm³/mol. The molecule has 0 N–H and O–H groups in total. The van der Waals surface area contributed by atoms with E-state index in [4.69, 9.17) is 0 Å². The number of thiazole rings is 1. The number of hydrogen-bond acceptors (Lipinski definition) is 4. The van der Waals surface area contributed by atoms with E-state index in [-0.39, 0.29) is 11.4 Å². The van der Waals surface area contributed by atoms with Crippen molar-refractivity contribution in [1.82, 2.24) is 9.29 Å². The summed E-state index contributed by atoms with van der Waals surface area (Å²) in [6.45, 7) is 2.15. The van der Waals surface area contributed by atoms with Gasteiger partial charge in [0, 0.05) is 21.4 Å². The van der Waals surface area contributed by atoms with Crippen LogP contribution in [0.2, 0.25) is 0 Å². The minimum Gasteiger partial charge on any atom is -0.245 e. The largest absolute Gasteiger partial charge is 0.245 e. The molecule has 0 aliphatic rings. The van der Waals surface area contributed by atoms with E-state index in [1.165, 1.54) is 15.6 Å². The first kappa shape index (κ1) is 16.1. The zero-order chi connectivity index (χ0) is 14.9. The van der Waals surface area contributed by atoms with Gasteiger partial charge in [-0.15, -0.1) is 11.3 Å². The van der Waals surface area contributed by atoms with Crippen LogP contribution in [0.4, 0.5) is 0 Å². The van der Waals surface area contributed by atoms with Gasteiger partial charge in [0.15, 0.2) is 0 Å². The van der Waals surface area contributed by atoms with E-state index in [9.17, 15) is 8.42 Å². The van der Waals surface area contributed by atoms with Crippen LogP contribution in [0.3, 0.4) is 0 Å². The zero-order valence-electron chi connectivity index (χ0n) is 10.8. The van der Waals surface area contributed by atoms with Crippen LogP contribution < -0.4 is 0 Å². The molecule has 0 saturated heterocycles. The number of aryl methyl sites for hydroxylation is 1. The molecule has 0 bridgehead atoms. The van der Waals surface area contributed by atoms with Gasteiger partial charge in [-0.2, -0.15) is 4.31 Å². The first-order valence-corrected chi connectivity index (χ1v) is 9.53. The topological polar surface area (TPSA) is 50.3 Å². The predicted octanol–water partition coefficient (Wildman–Crippen LogP) is 3.80. The second kappa shape index (κ2) is 6.23. The fourth-order valence-corrected chi connectivity index (χ4v) is 4.84. The fraction of sp³-hybridized carbons (Fsp3) is 0.250. The normalized spacial score (nSPS) is 12.1. The second-order valence-electron chi connectivity index (χ2n) is 4.19. The second-order valence-corrected chi connectivity index (χ2v) is 9.04. The van der Waals surface area contributed by atoms with Crippen molar-refractivity contribution in [3.63, 3.8) is 0 Å². The Morgan fingerprint density at radius 1 is 1.35 bits per heavy atom. The highest BCUT2D eigenvalue weighted by molar-refractivity contribution is 9.11. The van der Waals surface area contributed by atoms with Crippen molar-refractivity contribution in [2.75, 3.05) is 7.05 Å². The van der Waals surface area contributed by atoms with Gasteiger partial charge in [0.1, 0.15) is 0 Å². The molecule has 2 rings (SSSR count). The smallest absolute Gasteiger partial charge is 0.244 e. The highest BCUT2D eigenvalue weighted by atomic mass is 79.9. The first-order valence-electron chi connectivity index (χ1n) is 5.63. The molecule has 108 valence electrons. The van der Waals surface area contributed by atoms with E-state index in [1.54, 1.807) is 25.2 Å². The number of nitrogens with zero attached hydrogens (tertiary/aromatic N) is 2. The summed E-state index contributed by atoms with van der Waals surface area (Å²) in [5, 5.41) is 2.80. The molecule has 1 aromatic heterocycles. The summed E-state index contributed by atoms with van der Waals surface area (Å²) in [5.74, 6) is 0. The molecule has 0 fully saturated rings. The Bertz CT molecular complexity index is 729. The summed E-state index contributed by atoms with van der Waals surface area (Å²) in [4.78, 5) is 4.53. The Morgan fingerprint density at radius 3 is 2.65 bits per heavy atom. The number of sulfonamides is 1. The third-order valence-electron chi connectivity index (χ3n) is 2.63. The molecule has 0 spiro atoms. The van der Waals surface area contributed by atoms with Crippen molar-refractivity contribution >= 4 is 53.2 Å². The number of rotatable bonds is 4. The third kappa shape index (κ3) is 3.48. The van der Waals surface area contributed by atoms with Crippen molar-refractivity contribution in [2.24, 2.45) is 0 Å². The molecule has 1 heterocycles. The van der Waals surface area contributed by atoms with Crippen LogP contribution in [-0.2, 0) is 16.6 Å². The highest BCUT2D eigenvalue weighted by Gasteiger charge is 2.24. The Morgan fingerprint density at radius 2 is 2.05 bits per heavy atom. The van der Waals surface area contributed by atoms with Crippen LogP contribution in [0.15, 0.2) is 37.4 Å². The molecule has 2 aromatic rings. The van der Waals surface area contributed by atoms with E-state index in [1.807, 2.05) is 12.3 Å². The highest BCUT2D eigenvalue weighted by Crippen LogP contribution is 2.28. The number of aromatic nitrogens is 1. The van der Waals surface area contributed by atoms with Crippen molar-refractivity contribution in [3.8, 4) is 0 Å². The molecule has 20 heavy (non-hydrogen) atoms. The van der Waals surface area contributed by atoms with Gasteiger partial charge in [0.05, 0.1) is 22.1 Å². The van der Waals surface area contributed by atoms with Crippen LogP contribution >= 0.6 is 43.2 Å². The average molecular weight is 440 g/mol. The Kier molecular flexibility index (Phi) is 5.01. The maximum absolute atomic E-state index is 12.6. The number of benzene rings is 1. The minimum absolute atomic E-state index is 0.237. The molecule has 0 saturated carbocycles. The van der Waals surface area contributed by atoms with Gasteiger partial charge in [-0.1, -0.05) is 15.9 Å². The van der Waals surface area contributed by atoms with Gasteiger partial charge < -0.3 is 0 Å². The minimum atomic E-state index is -3.56. The van der Waals surface area contributed by atoms with Crippen LogP contribution in [0.1, 0.15) is 10.7 Å². The number of hydrogen-bond donors (Lipinski definition) is 0. The molecule has 0 atom stereocenters. The molecule has 1 aromatic carbocycles. The van der Waals surface area contributed by atoms with Crippen LogP contribution in [0, 0.1) is 6.92 Å². The van der Waals surface area contributed by atoms with E-state index < -0.39 is 10.0 Å². The SMILES string of the molecule is Cc1nc(CN(C)S(=O)(=O)c2cc(Br)ccc2Br)cs1. The van der Waals surface area contributed by atoms with E-state index in [0.29, 0.717) is 4.47 Å². The Labute approximate surface area is 139 Å². The molecule has 4 nitrogen and oxygen atoms in total. The lowest BCUT2D eigenvalue weighted by Gasteiger charge is -2.17. The zero-order valence-corrected chi connectivity index (χ0v) is 15.6. The van der Waals surface area contributed by atoms with Crippen molar-refractivity contribution in [3.05, 3.63) is 43.2 Å². The molecule has 8 heteroatoms. The maximum Gasteiger partial charge on any atom is 0.244 e. The fourth-order valence-electron chi connectivity index (χ4n) is 1.64. The van der Waals surface area contributed by atoms with Gasteiger partial charge in [0.25, 0.3) is 0 Å². The lowest BCUT2D eigenvalue weighted by molar-refractivity contribution is 0.462. The van der Waals surface area contributed by atoms with Gasteiger partial charge in [0.2, 0.25) is 10.0 Å².